The van der Waals surface area contributed by atoms with E-state index in [1.165, 1.54) is 7.11 Å². The van der Waals surface area contributed by atoms with Crippen molar-refractivity contribution in [2.24, 2.45) is 0 Å². The summed E-state index contributed by atoms with van der Waals surface area (Å²) in [6.45, 7) is 3.24. The van der Waals surface area contributed by atoms with Gasteiger partial charge in [0.25, 0.3) is 11.8 Å². The number of amides is 2. The fourth-order valence-electron chi connectivity index (χ4n) is 3.24. The Balaban J connectivity index is 1.61. The van der Waals surface area contributed by atoms with Gasteiger partial charge in [-0.15, -0.1) is 0 Å². The number of esters is 1. The zero-order chi connectivity index (χ0) is 23.8. The first kappa shape index (κ1) is 23.5. The molecular weight excluding hydrogens is 420 g/mol. The summed E-state index contributed by atoms with van der Waals surface area (Å²) in [5.74, 6) is -0.977. The first-order chi connectivity index (χ1) is 15.9. The predicted molar refractivity (Wildman–Crippen MR) is 125 cm³/mol. The molecule has 0 aliphatic carbocycles. The van der Waals surface area contributed by atoms with Gasteiger partial charge in [-0.1, -0.05) is 48.5 Å². The van der Waals surface area contributed by atoms with Crippen molar-refractivity contribution in [3.05, 3.63) is 95.1 Å². The first-order valence-corrected chi connectivity index (χ1v) is 10.5. The predicted octanol–water partition coefficient (Wildman–Crippen LogP) is 4.29. The third-order valence-corrected chi connectivity index (χ3v) is 5.07. The van der Waals surface area contributed by atoms with Gasteiger partial charge < -0.3 is 20.1 Å². The highest BCUT2D eigenvalue weighted by atomic mass is 16.5. The summed E-state index contributed by atoms with van der Waals surface area (Å²) in [6.07, 6.45) is 0. The Morgan fingerprint density at radius 1 is 0.939 bits per heavy atom. The molecule has 0 aromatic heterocycles. The molecule has 0 heterocycles. The number of anilines is 1. The summed E-state index contributed by atoms with van der Waals surface area (Å²) in [5, 5.41) is 5.57. The van der Waals surface area contributed by atoms with Crippen molar-refractivity contribution in [3.8, 4) is 5.75 Å². The number of nitrogens with one attached hydrogen (secondary N) is 2. The molecule has 0 radical (unpaired) electrons. The summed E-state index contributed by atoms with van der Waals surface area (Å²) >= 11 is 0. The number of hydrogen-bond donors (Lipinski definition) is 2. The largest absolute Gasteiger partial charge is 0.496 e. The molecule has 1 atom stereocenters. The second kappa shape index (κ2) is 10.9. The molecule has 0 fully saturated rings. The van der Waals surface area contributed by atoms with Crippen molar-refractivity contribution in [2.75, 3.05) is 19.0 Å². The normalized spacial score (nSPS) is 11.2. The van der Waals surface area contributed by atoms with Gasteiger partial charge in [0.2, 0.25) is 0 Å². The highest BCUT2D eigenvalue weighted by Gasteiger charge is 2.17. The monoisotopic (exact) mass is 446 g/mol. The zero-order valence-corrected chi connectivity index (χ0v) is 18.8. The quantitative estimate of drug-likeness (QED) is 0.504. The van der Waals surface area contributed by atoms with Crippen LogP contribution in [0.2, 0.25) is 0 Å². The van der Waals surface area contributed by atoms with Crippen LogP contribution in [0, 0.1) is 6.92 Å². The van der Waals surface area contributed by atoms with Crippen LogP contribution >= 0.6 is 0 Å². The van der Waals surface area contributed by atoms with E-state index in [0.29, 0.717) is 17.0 Å². The molecule has 0 aliphatic heterocycles. The number of methoxy groups -OCH3 is 1. The average Bonchev–Trinajstić information content (AvgIpc) is 2.83. The second-order valence-corrected chi connectivity index (χ2v) is 7.46. The average molecular weight is 447 g/mol. The van der Waals surface area contributed by atoms with Crippen LogP contribution in [0.4, 0.5) is 5.69 Å². The fraction of sp³-hybridized carbons (Fsp3) is 0.192. The minimum Gasteiger partial charge on any atom is -0.496 e. The SMILES string of the molecule is COc1cc(C(=O)OCC(=O)Nc2ccccc2C(=O)NC(C)c2ccccc2)ccc1C. The summed E-state index contributed by atoms with van der Waals surface area (Å²) in [7, 11) is 1.51. The highest BCUT2D eigenvalue weighted by Crippen LogP contribution is 2.20. The number of carbonyl (C=O) groups excluding carboxylic acids is 3. The Hall–Kier alpha value is -4.13. The second-order valence-electron chi connectivity index (χ2n) is 7.46. The van der Waals surface area contributed by atoms with Crippen molar-refractivity contribution in [3.63, 3.8) is 0 Å². The molecule has 3 aromatic rings. The van der Waals surface area contributed by atoms with Gasteiger partial charge >= 0.3 is 5.97 Å². The van der Waals surface area contributed by atoms with Crippen LogP contribution in [0.5, 0.6) is 5.75 Å². The molecule has 0 saturated heterocycles. The van der Waals surface area contributed by atoms with Gasteiger partial charge in [0.15, 0.2) is 6.61 Å². The van der Waals surface area contributed by atoms with Gasteiger partial charge in [0.1, 0.15) is 5.75 Å². The molecule has 33 heavy (non-hydrogen) atoms. The van der Waals surface area contributed by atoms with Crippen LogP contribution in [0.1, 0.15) is 44.8 Å². The molecule has 7 nitrogen and oxygen atoms in total. The Labute approximate surface area is 192 Å². The Morgan fingerprint density at radius 3 is 2.36 bits per heavy atom. The van der Waals surface area contributed by atoms with Crippen LogP contribution in [0.25, 0.3) is 0 Å². The lowest BCUT2D eigenvalue weighted by molar-refractivity contribution is -0.119. The van der Waals surface area contributed by atoms with Gasteiger partial charge in [-0.05, 0) is 49.2 Å². The molecule has 2 amide bonds. The minimum atomic E-state index is -0.647. The smallest absolute Gasteiger partial charge is 0.338 e. The molecule has 1 unspecified atom stereocenters. The van der Waals surface area contributed by atoms with Crippen LogP contribution in [0.15, 0.2) is 72.8 Å². The van der Waals surface area contributed by atoms with Crippen molar-refractivity contribution in [1.82, 2.24) is 5.32 Å². The standard InChI is InChI=1S/C26H26N2O5/c1-17-13-14-20(15-23(17)32-3)26(31)33-16-24(29)28-22-12-8-7-11-21(22)25(30)27-18(2)19-9-5-4-6-10-19/h4-15,18H,16H2,1-3H3,(H,27,30)(H,28,29). The lowest BCUT2D eigenvalue weighted by atomic mass is 10.1. The van der Waals surface area contributed by atoms with Crippen molar-refractivity contribution in [1.29, 1.82) is 0 Å². The van der Waals surface area contributed by atoms with E-state index in [0.717, 1.165) is 11.1 Å². The fourth-order valence-corrected chi connectivity index (χ4v) is 3.24. The van der Waals surface area contributed by atoms with E-state index in [1.807, 2.05) is 44.2 Å². The van der Waals surface area contributed by atoms with Crippen molar-refractivity contribution >= 4 is 23.5 Å². The summed E-state index contributed by atoms with van der Waals surface area (Å²) in [5.41, 5.74) is 2.76. The Morgan fingerprint density at radius 2 is 1.64 bits per heavy atom. The van der Waals surface area contributed by atoms with Crippen LogP contribution < -0.4 is 15.4 Å². The van der Waals surface area contributed by atoms with Gasteiger partial charge in [0, 0.05) is 0 Å². The zero-order valence-electron chi connectivity index (χ0n) is 18.8. The third kappa shape index (κ3) is 6.20. The third-order valence-electron chi connectivity index (χ3n) is 5.07. The maximum Gasteiger partial charge on any atom is 0.338 e. The number of hydrogen-bond acceptors (Lipinski definition) is 5. The molecule has 7 heteroatoms. The van der Waals surface area contributed by atoms with Gasteiger partial charge in [-0.25, -0.2) is 4.79 Å². The lowest BCUT2D eigenvalue weighted by Crippen LogP contribution is -2.28. The molecule has 2 N–H and O–H groups in total. The van der Waals surface area contributed by atoms with E-state index in [-0.39, 0.29) is 17.5 Å². The molecule has 3 rings (SSSR count). The summed E-state index contributed by atoms with van der Waals surface area (Å²) in [6, 6.07) is 20.9. The van der Waals surface area contributed by atoms with E-state index < -0.39 is 18.5 Å². The molecule has 0 saturated carbocycles. The van der Waals surface area contributed by atoms with Crippen LogP contribution in [-0.4, -0.2) is 31.5 Å². The summed E-state index contributed by atoms with van der Waals surface area (Å²) < 4.78 is 10.3. The van der Waals surface area contributed by atoms with Crippen molar-refractivity contribution < 1.29 is 23.9 Å². The maximum absolute atomic E-state index is 12.8. The minimum absolute atomic E-state index is 0.213. The molecule has 0 spiro atoms. The number of benzene rings is 3. The first-order valence-electron chi connectivity index (χ1n) is 10.5. The molecule has 0 bridgehead atoms. The van der Waals surface area contributed by atoms with E-state index in [2.05, 4.69) is 10.6 Å². The van der Waals surface area contributed by atoms with E-state index in [1.54, 1.807) is 42.5 Å². The van der Waals surface area contributed by atoms with Crippen LogP contribution in [-0.2, 0) is 9.53 Å². The Kier molecular flexibility index (Phi) is 7.81. The molecular formula is C26H26N2O5. The number of para-hydroxylation sites is 1. The van der Waals surface area contributed by atoms with Crippen molar-refractivity contribution in [2.45, 2.75) is 19.9 Å². The summed E-state index contributed by atoms with van der Waals surface area (Å²) in [4.78, 5) is 37.5. The maximum atomic E-state index is 12.8. The number of carbonyl (C=O) groups is 3. The lowest BCUT2D eigenvalue weighted by Gasteiger charge is -2.16. The number of ether oxygens (including phenoxy) is 2. The van der Waals surface area contributed by atoms with E-state index >= 15 is 0 Å². The highest BCUT2D eigenvalue weighted by molar-refractivity contribution is 6.04. The molecule has 170 valence electrons. The van der Waals surface area contributed by atoms with Gasteiger partial charge in [-0.3, -0.25) is 9.59 Å². The molecule has 3 aromatic carbocycles. The topological polar surface area (TPSA) is 93.7 Å². The van der Waals surface area contributed by atoms with Crippen LogP contribution in [0.3, 0.4) is 0 Å². The van der Waals surface area contributed by atoms with E-state index in [9.17, 15) is 14.4 Å². The van der Waals surface area contributed by atoms with E-state index in [4.69, 9.17) is 9.47 Å². The van der Waals surface area contributed by atoms with Gasteiger partial charge in [-0.2, -0.15) is 0 Å². The molecule has 0 aliphatic rings. The van der Waals surface area contributed by atoms with Gasteiger partial charge in [0.05, 0.1) is 30.0 Å². The number of rotatable bonds is 8. The number of aryl methyl sites for hydroxylation is 1. The Bertz CT molecular complexity index is 1140.